The van der Waals surface area contributed by atoms with Crippen molar-refractivity contribution < 1.29 is 19.4 Å². The van der Waals surface area contributed by atoms with E-state index in [1.807, 2.05) is 66.9 Å². The van der Waals surface area contributed by atoms with Gasteiger partial charge in [-0.2, -0.15) is 0 Å². The maximum absolute atomic E-state index is 10.8. The summed E-state index contributed by atoms with van der Waals surface area (Å²) in [6.45, 7) is 4.68. The number of carbonyl (C=O) groups is 2. The number of ether oxygens (including phenoxy) is 1. The first-order valence-corrected chi connectivity index (χ1v) is 8.09. The summed E-state index contributed by atoms with van der Waals surface area (Å²) in [5.74, 6) is -1.10. The Morgan fingerprint density at radius 1 is 1.04 bits per heavy atom. The molecule has 2 rings (SSSR count). The van der Waals surface area contributed by atoms with Crippen LogP contribution >= 0.6 is 0 Å². The highest BCUT2D eigenvalue weighted by Crippen LogP contribution is 2.09. The zero-order chi connectivity index (χ0) is 19.4. The normalized spacial score (nSPS) is 10.6. The maximum Gasteiger partial charge on any atom is 0.408 e. The van der Waals surface area contributed by atoms with Crippen LogP contribution in [0.3, 0.4) is 0 Å². The van der Waals surface area contributed by atoms with Crippen LogP contribution in [0.25, 0.3) is 0 Å². The fourth-order valence-electron chi connectivity index (χ4n) is 1.66. The first-order valence-electron chi connectivity index (χ1n) is 8.09. The van der Waals surface area contributed by atoms with E-state index in [9.17, 15) is 9.59 Å². The maximum atomic E-state index is 10.8. The number of aliphatic carboxylic acids is 1. The summed E-state index contributed by atoms with van der Waals surface area (Å²) in [6, 6.07) is 20.0. The zero-order valence-corrected chi connectivity index (χ0v) is 15.2. The molecule has 0 bridgehead atoms. The smallest absolute Gasteiger partial charge is 0.408 e. The molecule has 26 heavy (non-hydrogen) atoms. The van der Waals surface area contributed by atoms with E-state index in [-0.39, 0.29) is 0 Å². The van der Waals surface area contributed by atoms with Gasteiger partial charge in [0.1, 0.15) is 12.1 Å². The van der Waals surface area contributed by atoms with E-state index in [0.717, 1.165) is 11.3 Å². The number of hydrogen-bond acceptors (Lipinski definition) is 4. The Balaban J connectivity index is 0.000000265. The molecule has 6 nitrogen and oxygen atoms in total. The van der Waals surface area contributed by atoms with Gasteiger partial charge in [-0.05, 0) is 38.5 Å². The first kappa shape index (κ1) is 20.9. The van der Waals surface area contributed by atoms with Gasteiger partial charge in [-0.3, -0.25) is 9.79 Å². The summed E-state index contributed by atoms with van der Waals surface area (Å²) in [5.41, 5.74) is 1.51. The molecule has 0 heterocycles. The Bertz CT molecular complexity index is 666. The fraction of sp³-hybridized carbons (Fsp3) is 0.250. The van der Waals surface area contributed by atoms with Crippen LogP contribution in [0.1, 0.15) is 26.3 Å². The molecule has 0 aliphatic rings. The fourth-order valence-corrected chi connectivity index (χ4v) is 1.66. The monoisotopic (exact) mass is 356 g/mol. The number of nitrogens with one attached hydrogen (secondary N) is 1. The number of rotatable bonds is 4. The Hall–Kier alpha value is -3.15. The van der Waals surface area contributed by atoms with Crippen molar-refractivity contribution in [1.29, 1.82) is 0 Å². The third-order valence-corrected chi connectivity index (χ3v) is 2.70. The van der Waals surface area contributed by atoms with E-state index in [2.05, 4.69) is 10.3 Å². The van der Waals surface area contributed by atoms with Crippen molar-refractivity contribution in [3.63, 3.8) is 0 Å². The quantitative estimate of drug-likeness (QED) is 0.810. The molecule has 0 spiro atoms. The lowest BCUT2D eigenvalue weighted by molar-refractivity contribution is -0.136. The van der Waals surface area contributed by atoms with Gasteiger partial charge in [0.25, 0.3) is 0 Å². The van der Waals surface area contributed by atoms with Crippen molar-refractivity contribution in [2.24, 2.45) is 4.99 Å². The molecule has 0 atom stereocenters. The number of aliphatic imine (C=N–C) groups is 1. The summed E-state index contributed by atoms with van der Waals surface area (Å²) in [5, 5.41) is 10.3. The topological polar surface area (TPSA) is 88.0 Å². The number of nitrogens with zero attached hydrogens (tertiary/aromatic N) is 1. The molecule has 0 aromatic heterocycles. The van der Waals surface area contributed by atoms with E-state index in [4.69, 9.17) is 9.84 Å². The summed E-state index contributed by atoms with van der Waals surface area (Å²) in [6.07, 6.45) is 1.15. The highest BCUT2D eigenvalue weighted by Gasteiger charge is 2.16. The van der Waals surface area contributed by atoms with Gasteiger partial charge in [-0.1, -0.05) is 48.5 Å². The molecule has 0 fully saturated rings. The van der Waals surface area contributed by atoms with Crippen molar-refractivity contribution in [2.75, 3.05) is 6.54 Å². The van der Waals surface area contributed by atoms with Gasteiger partial charge in [-0.15, -0.1) is 0 Å². The molecule has 0 radical (unpaired) electrons. The Morgan fingerprint density at radius 3 is 2.08 bits per heavy atom. The number of carbonyl (C=O) groups excluding carboxylic acids is 1. The van der Waals surface area contributed by atoms with Gasteiger partial charge in [0, 0.05) is 6.21 Å². The number of amides is 1. The molecule has 138 valence electrons. The van der Waals surface area contributed by atoms with Crippen LogP contribution in [-0.4, -0.2) is 35.5 Å². The van der Waals surface area contributed by atoms with Crippen LogP contribution in [0.5, 0.6) is 0 Å². The zero-order valence-electron chi connectivity index (χ0n) is 15.2. The predicted molar refractivity (Wildman–Crippen MR) is 102 cm³/mol. The SMILES string of the molecule is C(=N\c1ccccc1)/c1ccccc1.CC(C)(C)OC(=O)NCC(=O)O. The number of carboxylic acids is 1. The van der Waals surface area contributed by atoms with E-state index in [1.54, 1.807) is 20.8 Å². The number of alkyl carbamates (subject to hydrolysis) is 1. The average Bonchev–Trinajstić information content (AvgIpc) is 2.59. The minimum absolute atomic E-state index is 0.422. The number of para-hydroxylation sites is 1. The molecule has 0 saturated carbocycles. The molecule has 2 aromatic rings. The van der Waals surface area contributed by atoms with Gasteiger partial charge in [0.2, 0.25) is 0 Å². The van der Waals surface area contributed by atoms with Crippen LogP contribution in [0, 0.1) is 0 Å². The van der Waals surface area contributed by atoms with Crippen LogP contribution in [0.4, 0.5) is 10.5 Å². The van der Waals surface area contributed by atoms with Gasteiger partial charge in [-0.25, -0.2) is 4.79 Å². The summed E-state index contributed by atoms with van der Waals surface area (Å²) in [7, 11) is 0. The van der Waals surface area contributed by atoms with Crippen molar-refractivity contribution >= 4 is 24.0 Å². The molecule has 0 aliphatic carbocycles. The second kappa shape index (κ2) is 10.7. The standard InChI is InChI=1S/C13H11N.C7H13NO4/c1-3-7-12(8-4-1)11-14-13-9-5-2-6-10-13;1-7(2,3)12-6(11)8-4-5(9)10/h1-11H;4H2,1-3H3,(H,8,11)(H,9,10)/b14-11+;. The number of carboxylic acid groups (broad SMARTS) is 1. The molecular formula is C20H24N2O4. The van der Waals surface area contributed by atoms with Crippen molar-refractivity contribution in [3.8, 4) is 0 Å². The lowest BCUT2D eigenvalue weighted by Crippen LogP contribution is -2.35. The van der Waals surface area contributed by atoms with Gasteiger partial charge >= 0.3 is 12.1 Å². The van der Waals surface area contributed by atoms with Gasteiger partial charge < -0.3 is 15.2 Å². The van der Waals surface area contributed by atoms with E-state index < -0.39 is 24.2 Å². The van der Waals surface area contributed by atoms with Crippen LogP contribution in [0.15, 0.2) is 65.7 Å². The van der Waals surface area contributed by atoms with Crippen LogP contribution in [-0.2, 0) is 9.53 Å². The van der Waals surface area contributed by atoms with Crippen LogP contribution in [0.2, 0.25) is 0 Å². The molecule has 0 unspecified atom stereocenters. The summed E-state index contributed by atoms with van der Waals surface area (Å²) < 4.78 is 4.77. The summed E-state index contributed by atoms with van der Waals surface area (Å²) >= 11 is 0. The van der Waals surface area contributed by atoms with E-state index in [0.29, 0.717) is 0 Å². The molecular weight excluding hydrogens is 332 g/mol. The molecule has 0 aliphatic heterocycles. The third kappa shape index (κ3) is 10.6. The van der Waals surface area contributed by atoms with Crippen molar-refractivity contribution in [3.05, 3.63) is 66.2 Å². The molecule has 2 N–H and O–H groups in total. The highest BCUT2D eigenvalue weighted by atomic mass is 16.6. The van der Waals surface area contributed by atoms with Crippen molar-refractivity contribution in [2.45, 2.75) is 26.4 Å². The summed E-state index contributed by atoms with van der Waals surface area (Å²) in [4.78, 5) is 25.1. The molecule has 6 heteroatoms. The van der Waals surface area contributed by atoms with Gasteiger partial charge in [0.05, 0.1) is 5.69 Å². The third-order valence-electron chi connectivity index (χ3n) is 2.70. The Morgan fingerprint density at radius 2 is 1.58 bits per heavy atom. The first-order chi connectivity index (χ1) is 12.3. The van der Waals surface area contributed by atoms with Crippen molar-refractivity contribution in [1.82, 2.24) is 5.32 Å². The molecule has 0 saturated heterocycles. The average molecular weight is 356 g/mol. The lowest BCUT2D eigenvalue weighted by Gasteiger charge is -2.19. The second-order valence-electron chi connectivity index (χ2n) is 6.25. The lowest BCUT2D eigenvalue weighted by atomic mass is 10.2. The Labute approximate surface area is 153 Å². The largest absolute Gasteiger partial charge is 0.480 e. The Kier molecular flexibility index (Phi) is 8.57. The minimum atomic E-state index is -1.10. The van der Waals surface area contributed by atoms with E-state index in [1.165, 1.54) is 0 Å². The minimum Gasteiger partial charge on any atom is -0.480 e. The molecule has 1 amide bonds. The predicted octanol–water partition coefficient (Wildman–Crippen LogP) is 4.03. The highest BCUT2D eigenvalue weighted by molar-refractivity contribution is 5.81. The van der Waals surface area contributed by atoms with Gasteiger partial charge in [0.15, 0.2) is 0 Å². The number of hydrogen-bond donors (Lipinski definition) is 2. The number of benzene rings is 2. The second-order valence-corrected chi connectivity index (χ2v) is 6.25. The molecule has 2 aromatic carbocycles. The van der Waals surface area contributed by atoms with Crippen LogP contribution < -0.4 is 5.32 Å². The van der Waals surface area contributed by atoms with E-state index >= 15 is 0 Å².